The highest BCUT2D eigenvalue weighted by molar-refractivity contribution is 5.98. The van der Waals surface area contributed by atoms with Crippen LogP contribution in [0.25, 0.3) is 10.8 Å². The zero-order chi connectivity index (χ0) is 17.9. The van der Waals surface area contributed by atoms with Crippen molar-refractivity contribution in [2.75, 3.05) is 32.7 Å². The number of furan rings is 1. The van der Waals surface area contributed by atoms with Gasteiger partial charge in [0.1, 0.15) is 11.9 Å². The molecule has 1 saturated heterocycles. The molecule has 1 aromatic heterocycles. The van der Waals surface area contributed by atoms with E-state index in [-0.39, 0.29) is 5.91 Å². The molecule has 2 aromatic carbocycles. The van der Waals surface area contributed by atoms with E-state index in [1.165, 1.54) is 0 Å². The van der Waals surface area contributed by atoms with Gasteiger partial charge in [-0.05, 0) is 35.0 Å². The Bertz CT molecular complexity index is 883. The van der Waals surface area contributed by atoms with Crippen LogP contribution in [0, 0.1) is 0 Å². The first-order valence-electron chi connectivity index (χ1n) is 8.92. The van der Waals surface area contributed by atoms with Crippen LogP contribution in [0.5, 0.6) is 0 Å². The molecule has 5 heteroatoms. The Hall–Kier alpha value is -2.63. The summed E-state index contributed by atoms with van der Waals surface area (Å²) in [4.78, 5) is 16.9. The first kappa shape index (κ1) is 16.8. The number of aliphatic hydroxyl groups is 1. The third-order valence-corrected chi connectivity index (χ3v) is 4.96. The Morgan fingerprint density at radius 2 is 1.77 bits per heavy atom. The van der Waals surface area contributed by atoms with Crippen LogP contribution in [0.1, 0.15) is 22.2 Å². The normalized spacial score (nSPS) is 16.7. The highest BCUT2D eigenvalue weighted by Crippen LogP contribution is 2.19. The van der Waals surface area contributed by atoms with Crippen LogP contribution < -0.4 is 0 Å². The molecule has 134 valence electrons. The molecule has 1 N–H and O–H groups in total. The molecule has 1 fully saturated rings. The molecule has 0 aliphatic carbocycles. The number of piperazine rings is 1. The minimum absolute atomic E-state index is 0.0713. The van der Waals surface area contributed by atoms with Crippen molar-refractivity contribution in [3.05, 3.63) is 72.2 Å². The third kappa shape index (κ3) is 3.49. The van der Waals surface area contributed by atoms with Crippen molar-refractivity contribution < 1.29 is 14.3 Å². The number of carbonyl (C=O) groups is 1. The van der Waals surface area contributed by atoms with Crippen molar-refractivity contribution in [2.24, 2.45) is 0 Å². The zero-order valence-corrected chi connectivity index (χ0v) is 14.5. The predicted molar refractivity (Wildman–Crippen MR) is 100.0 cm³/mol. The Labute approximate surface area is 152 Å². The second-order valence-electron chi connectivity index (χ2n) is 6.69. The molecule has 5 nitrogen and oxygen atoms in total. The van der Waals surface area contributed by atoms with Gasteiger partial charge in [0.15, 0.2) is 0 Å². The van der Waals surface area contributed by atoms with E-state index in [0.29, 0.717) is 25.4 Å². The molecule has 0 bridgehead atoms. The third-order valence-electron chi connectivity index (χ3n) is 4.96. The van der Waals surface area contributed by atoms with Crippen LogP contribution in [0.4, 0.5) is 0 Å². The molecule has 1 amide bonds. The average Bonchev–Trinajstić information content (AvgIpc) is 3.23. The molecule has 0 spiro atoms. The minimum Gasteiger partial charge on any atom is -0.467 e. The number of rotatable bonds is 4. The number of benzene rings is 2. The van der Waals surface area contributed by atoms with Crippen molar-refractivity contribution in [3.63, 3.8) is 0 Å². The number of hydrogen-bond donors (Lipinski definition) is 1. The molecule has 26 heavy (non-hydrogen) atoms. The monoisotopic (exact) mass is 350 g/mol. The van der Waals surface area contributed by atoms with Gasteiger partial charge in [-0.15, -0.1) is 0 Å². The zero-order valence-electron chi connectivity index (χ0n) is 14.5. The number of aliphatic hydroxyl groups excluding tert-OH is 1. The number of fused-ring (bicyclic) bond motifs is 1. The lowest BCUT2D eigenvalue weighted by Crippen LogP contribution is -2.49. The summed E-state index contributed by atoms with van der Waals surface area (Å²) in [6, 6.07) is 17.5. The predicted octanol–water partition coefficient (Wildman–Crippen LogP) is 2.92. The number of carbonyl (C=O) groups excluding carboxylic acids is 1. The van der Waals surface area contributed by atoms with Crippen molar-refractivity contribution >= 4 is 16.7 Å². The van der Waals surface area contributed by atoms with Gasteiger partial charge in [0.2, 0.25) is 0 Å². The van der Waals surface area contributed by atoms with Crippen LogP contribution in [0.2, 0.25) is 0 Å². The van der Waals surface area contributed by atoms with Crippen molar-refractivity contribution in [1.29, 1.82) is 0 Å². The summed E-state index contributed by atoms with van der Waals surface area (Å²) in [6.07, 6.45) is 0.936. The summed E-state index contributed by atoms with van der Waals surface area (Å²) in [6.45, 7) is 3.34. The van der Waals surface area contributed by atoms with E-state index in [1.54, 1.807) is 18.4 Å². The Morgan fingerprint density at radius 3 is 2.50 bits per heavy atom. The maximum Gasteiger partial charge on any atom is 0.253 e. The summed E-state index contributed by atoms with van der Waals surface area (Å²) in [7, 11) is 0. The molecule has 0 radical (unpaired) electrons. The second-order valence-corrected chi connectivity index (χ2v) is 6.69. The van der Waals surface area contributed by atoms with Gasteiger partial charge in [-0.25, -0.2) is 0 Å². The first-order valence-corrected chi connectivity index (χ1v) is 8.92. The molecule has 4 rings (SSSR count). The maximum absolute atomic E-state index is 12.8. The van der Waals surface area contributed by atoms with Gasteiger partial charge in [-0.1, -0.05) is 30.3 Å². The molecular formula is C21H22N2O3. The quantitative estimate of drug-likeness (QED) is 0.786. The Kier molecular flexibility index (Phi) is 4.73. The number of β-amino-alcohol motifs (C(OH)–C–C–N with tert-alkyl or cyclic N) is 1. The molecule has 0 unspecified atom stereocenters. The fraction of sp³-hybridized carbons (Fsp3) is 0.286. The number of amides is 1. The lowest BCUT2D eigenvalue weighted by Gasteiger charge is -2.35. The SMILES string of the molecule is O=C(c1ccc2ccccc2c1)N1CCN(C[C@H](O)c2ccco2)CC1. The summed E-state index contributed by atoms with van der Waals surface area (Å²) in [5.41, 5.74) is 0.729. The van der Waals surface area contributed by atoms with Gasteiger partial charge >= 0.3 is 0 Å². The van der Waals surface area contributed by atoms with E-state index in [2.05, 4.69) is 4.90 Å². The van der Waals surface area contributed by atoms with E-state index in [4.69, 9.17) is 4.42 Å². The number of nitrogens with zero attached hydrogens (tertiary/aromatic N) is 2. The fourth-order valence-electron chi connectivity index (χ4n) is 3.45. The summed E-state index contributed by atoms with van der Waals surface area (Å²) in [5, 5.41) is 12.4. The van der Waals surface area contributed by atoms with Crippen LogP contribution in [-0.4, -0.2) is 53.5 Å². The fourth-order valence-corrected chi connectivity index (χ4v) is 3.45. The van der Waals surface area contributed by atoms with Crippen molar-refractivity contribution in [3.8, 4) is 0 Å². The van der Waals surface area contributed by atoms with E-state index < -0.39 is 6.10 Å². The van der Waals surface area contributed by atoms with Gasteiger partial charge in [0.05, 0.1) is 6.26 Å². The first-order chi connectivity index (χ1) is 12.7. The number of hydrogen-bond acceptors (Lipinski definition) is 4. The molecule has 1 aliphatic heterocycles. The smallest absolute Gasteiger partial charge is 0.253 e. The minimum atomic E-state index is -0.632. The van der Waals surface area contributed by atoms with Gasteiger partial charge < -0.3 is 14.4 Å². The van der Waals surface area contributed by atoms with Gasteiger partial charge in [0.25, 0.3) is 5.91 Å². The lowest BCUT2D eigenvalue weighted by atomic mass is 10.1. The van der Waals surface area contributed by atoms with Crippen LogP contribution in [0.15, 0.2) is 65.3 Å². The van der Waals surface area contributed by atoms with Gasteiger partial charge in [-0.2, -0.15) is 0 Å². The molecule has 1 atom stereocenters. The van der Waals surface area contributed by atoms with Gasteiger partial charge in [0, 0.05) is 38.3 Å². The van der Waals surface area contributed by atoms with E-state index in [1.807, 2.05) is 47.4 Å². The van der Waals surface area contributed by atoms with E-state index in [9.17, 15) is 9.90 Å². The van der Waals surface area contributed by atoms with Crippen LogP contribution in [-0.2, 0) is 0 Å². The molecular weight excluding hydrogens is 328 g/mol. The topological polar surface area (TPSA) is 56.9 Å². The lowest BCUT2D eigenvalue weighted by molar-refractivity contribution is 0.0486. The highest BCUT2D eigenvalue weighted by Gasteiger charge is 2.24. The van der Waals surface area contributed by atoms with Crippen molar-refractivity contribution in [2.45, 2.75) is 6.10 Å². The van der Waals surface area contributed by atoms with Gasteiger partial charge in [-0.3, -0.25) is 9.69 Å². The summed E-state index contributed by atoms with van der Waals surface area (Å²) >= 11 is 0. The Balaban J connectivity index is 1.37. The van der Waals surface area contributed by atoms with E-state index in [0.717, 1.165) is 29.4 Å². The van der Waals surface area contributed by atoms with Crippen LogP contribution in [0.3, 0.4) is 0 Å². The average molecular weight is 350 g/mol. The van der Waals surface area contributed by atoms with Crippen LogP contribution >= 0.6 is 0 Å². The highest BCUT2D eigenvalue weighted by atomic mass is 16.4. The summed E-state index contributed by atoms with van der Waals surface area (Å²) < 4.78 is 5.25. The molecule has 0 saturated carbocycles. The maximum atomic E-state index is 12.8. The molecule has 3 aromatic rings. The second kappa shape index (κ2) is 7.32. The Morgan fingerprint density at radius 1 is 1.00 bits per heavy atom. The summed E-state index contributed by atoms with van der Waals surface area (Å²) in [5.74, 6) is 0.654. The van der Waals surface area contributed by atoms with E-state index >= 15 is 0 Å². The molecule has 1 aliphatic rings. The largest absolute Gasteiger partial charge is 0.467 e. The standard InChI is InChI=1S/C21H22N2O3/c24-19(20-6-3-13-26-20)15-22-9-11-23(12-10-22)21(25)18-8-7-16-4-1-2-5-17(16)14-18/h1-8,13-14,19,24H,9-12,15H2/t19-/m0/s1. The van der Waals surface area contributed by atoms with Crippen molar-refractivity contribution in [1.82, 2.24) is 9.80 Å². The molecule has 2 heterocycles.